The first kappa shape index (κ1) is 18.4. The summed E-state index contributed by atoms with van der Waals surface area (Å²) in [6.07, 6.45) is -7.64. The summed E-state index contributed by atoms with van der Waals surface area (Å²) in [6.45, 7) is 6.52. The van der Waals surface area contributed by atoms with E-state index in [4.69, 9.17) is 0 Å². The van der Waals surface area contributed by atoms with Gasteiger partial charge in [0.2, 0.25) is 0 Å². The monoisotopic (exact) mass is 342 g/mol. The first-order valence-electron chi connectivity index (χ1n) is 5.88. The van der Waals surface area contributed by atoms with Crippen LogP contribution in [-0.2, 0) is 0 Å². The standard InChI is InChI=1S/C13H12F6N2S/c1-8-5-10(12(14,15)16)3-4-20-21-7-11(13(17,18)19)6-9(2)22-8/h5-7,20H,1-4H2/b10-5+,11-6+,21-7-. The van der Waals surface area contributed by atoms with E-state index in [1.807, 2.05) is 0 Å². The molecule has 1 aliphatic rings. The fourth-order valence-electron chi connectivity index (χ4n) is 1.45. The molecular formula is C13H12F6N2S. The number of hydrazone groups is 1. The molecule has 0 saturated carbocycles. The number of rotatable bonds is 0. The van der Waals surface area contributed by atoms with Crippen LogP contribution in [0.1, 0.15) is 6.42 Å². The highest BCUT2D eigenvalue weighted by molar-refractivity contribution is 8.07. The van der Waals surface area contributed by atoms with E-state index >= 15 is 0 Å². The summed E-state index contributed by atoms with van der Waals surface area (Å²) >= 11 is 0.630. The van der Waals surface area contributed by atoms with Gasteiger partial charge in [-0.05, 0) is 18.6 Å². The molecule has 1 rings (SSSR count). The lowest BCUT2D eigenvalue weighted by Crippen LogP contribution is -2.19. The Morgan fingerprint density at radius 3 is 2.14 bits per heavy atom. The summed E-state index contributed by atoms with van der Waals surface area (Å²) in [5, 5.41) is 3.29. The van der Waals surface area contributed by atoms with Crippen LogP contribution in [0.25, 0.3) is 0 Å². The van der Waals surface area contributed by atoms with Crippen LogP contribution in [0.2, 0.25) is 0 Å². The van der Waals surface area contributed by atoms with Gasteiger partial charge in [-0.3, -0.25) is 0 Å². The smallest absolute Gasteiger partial charge is 0.310 e. The Hall–Kier alpha value is -1.64. The molecule has 0 atom stereocenters. The molecule has 1 N–H and O–H groups in total. The van der Waals surface area contributed by atoms with Gasteiger partial charge in [-0.15, -0.1) is 0 Å². The van der Waals surface area contributed by atoms with E-state index in [-0.39, 0.29) is 16.4 Å². The average molecular weight is 342 g/mol. The predicted molar refractivity (Wildman–Crippen MR) is 75.3 cm³/mol. The highest BCUT2D eigenvalue weighted by atomic mass is 32.2. The van der Waals surface area contributed by atoms with E-state index in [1.54, 1.807) is 0 Å². The lowest BCUT2D eigenvalue weighted by atomic mass is 10.1. The van der Waals surface area contributed by atoms with Gasteiger partial charge in [0.1, 0.15) is 0 Å². The van der Waals surface area contributed by atoms with Crippen molar-refractivity contribution in [3.63, 3.8) is 0 Å². The maximum Gasteiger partial charge on any atom is 0.417 e. The van der Waals surface area contributed by atoms with Crippen molar-refractivity contribution in [2.24, 2.45) is 5.10 Å². The Kier molecular flexibility index (Phi) is 5.92. The molecule has 0 amide bonds. The van der Waals surface area contributed by atoms with Gasteiger partial charge in [0, 0.05) is 21.9 Å². The third-order valence-corrected chi connectivity index (χ3v) is 3.17. The molecule has 0 aromatic heterocycles. The molecule has 0 unspecified atom stereocenters. The van der Waals surface area contributed by atoms with Crippen LogP contribution in [0.15, 0.2) is 51.4 Å². The summed E-state index contributed by atoms with van der Waals surface area (Å²) in [4.78, 5) is -0.144. The molecule has 0 saturated heterocycles. The normalized spacial score (nSPS) is 25.0. The van der Waals surface area contributed by atoms with Crippen molar-refractivity contribution >= 4 is 18.0 Å². The predicted octanol–water partition coefficient (Wildman–Crippen LogP) is 4.70. The number of halogens is 6. The van der Waals surface area contributed by atoms with Crippen LogP contribution in [-0.4, -0.2) is 25.1 Å². The second kappa shape index (κ2) is 7.08. The van der Waals surface area contributed by atoms with Crippen molar-refractivity contribution in [2.75, 3.05) is 6.54 Å². The lowest BCUT2D eigenvalue weighted by Gasteiger charge is -2.14. The van der Waals surface area contributed by atoms with Gasteiger partial charge in [0.15, 0.2) is 0 Å². The van der Waals surface area contributed by atoms with Crippen LogP contribution >= 0.6 is 11.8 Å². The molecule has 0 bridgehead atoms. The van der Waals surface area contributed by atoms with Crippen LogP contribution in [0.5, 0.6) is 0 Å². The number of alkyl halides is 6. The SMILES string of the molecule is C=C1/C=C(C(F)(F)F)\C=N/NCC/C(C(F)(F)F)=C\C(=C)S1. The van der Waals surface area contributed by atoms with Gasteiger partial charge in [-0.25, -0.2) is 0 Å². The van der Waals surface area contributed by atoms with E-state index in [1.165, 1.54) is 0 Å². The molecule has 0 aliphatic carbocycles. The van der Waals surface area contributed by atoms with Crippen LogP contribution in [0.4, 0.5) is 26.3 Å². The van der Waals surface area contributed by atoms with Gasteiger partial charge in [-0.2, -0.15) is 31.4 Å². The minimum Gasteiger partial charge on any atom is -0.310 e. The quantitative estimate of drug-likeness (QED) is 0.645. The molecule has 22 heavy (non-hydrogen) atoms. The average Bonchev–Trinajstić information content (AvgIpc) is 2.31. The first-order valence-corrected chi connectivity index (χ1v) is 6.70. The summed E-state index contributed by atoms with van der Waals surface area (Å²) in [7, 11) is 0. The van der Waals surface area contributed by atoms with Gasteiger partial charge in [-0.1, -0.05) is 24.9 Å². The van der Waals surface area contributed by atoms with Gasteiger partial charge < -0.3 is 5.43 Å². The topological polar surface area (TPSA) is 24.4 Å². The molecule has 0 aromatic carbocycles. The molecule has 0 radical (unpaired) electrons. The van der Waals surface area contributed by atoms with Crippen LogP contribution < -0.4 is 5.43 Å². The van der Waals surface area contributed by atoms with Gasteiger partial charge in [0.05, 0.1) is 11.8 Å². The van der Waals surface area contributed by atoms with Crippen molar-refractivity contribution in [3.05, 3.63) is 46.3 Å². The number of thioether (sulfide) groups is 1. The summed E-state index contributed by atoms with van der Waals surface area (Å²) < 4.78 is 76.6. The number of hydrogen-bond donors (Lipinski definition) is 1. The molecule has 0 spiro atoms. The Balaban J connectivity index is 3.11. The Morgan fingerprint density at radius 2 is 1.59 bits per heavy atom. The molecule has 9 heteroatoms. The Bertz CT molecular complexity index is 540. The van der Waals surface area contributed by atoms with E-state index in [9.17, 15) is 26.3 Å². The third kappa shape index (κ3) is 6.00. The largest absolute Gasteiger partial charge is 0.417 e. The van der Waals surface area contributed by atoms with Gasteiger partial charge in [0.25, 0.3) is 0 Å². The zero-order valence-electron chi connectivity index (χ0n) is 11.2. The minimum atomic E-state index is -4.65. The highest BCUT2D eigenvalue weighted by Crippen LogP contribution is 2.34. The summed E-state index contributed by atoms with van der Waals surface area (Å²) in [5.41, 5.74) is 0.248. The Morgan fingerprint density at radius 1 is 1.00 bits per heavy atom. The summed E-state index contributed by atoms with van der Waals surface area (Å²) in [5.74, 6) is 0. The second-order valence-electron chi connectivity index (χ2n) is 4.22. The van der Waals surface area contributed by atoms with Crippen molar-refractivity contribution in [3.8, 4) is 0 Å². The highest BCUT2D eigenvalue weighted by Gasteiger charge is 2.34. The molecule has 0 fully saturated rings. The fraction of sp³-hybridized carbons (Fsp3) is 0.308. The zero-order chi connectivity index (χ0) is 17.0. The van der Waals surface area contributed by atoms with E-state index in [0.29, 0.717) is 24.1 Å². The number of nitrogens with one attached hydrogen (secondary N) is 1. The van der Waals surface area contributed by atoms with Gasteiger partial charge >= 0.3 is 12.4 Å². The number of allylic oxidation sites excluding steroid dienone is 3. The third-order valence-electron chi connectivity index (χ3n) is 2.41. The first-order chi connectivity index (χ1) is 10.00. The molecule has 122 valence electrons. The lowest BCUT2D eigenvalue weighted by molar-refractivity contribution is -0.0939. The maximum atomic E-state index is 12.8. The molecular weight excluding hydrogens is 330 g/mol. The molecule has 1 heterocycles. The van der Waals surface area contributed by atoms with E-state index in [0.717, 1.165) is 6.08 Å². The summed E-state index contributed by atoms with van der Waals surface area (Å²) in [6, 6.07) is 0. The zero-order valence-corrected chi connectivity index (χ0v) is 12.0. The van der Waals surface area contributed by atoms with E-state index < -0.39 is 29.9 Å². The van der Waals surface area contributed by atoms with E-state index in [2.05, 4.69) is 23.7 Å². The van der Waals surface area contributed by atoms with Crippen molar-refractivity contribution in [1.82, 2.24) is 5.43 Å². The van der Waals surface area contributed by atoms with Crippen LogP contribution in [0, 0.1) is 0 Å². The maximum absolute atomic E-state index is 12.8. The Labute approximate surface area is 127 Å². The number of hydrogen-bond acceptors (Lipinski definition) is 3. The van der Waals surface area contributed by atoms with Crippen LogP contribution in [0.3, 0.4) is 0 Å². The number of nitrogens with zero attached hydrogens (tertiary/aromatic N) is 1. The van der Waals surface area contributed by atoms with Crippen molar-refractivity contribution in [1.29, 1.82) is 0 Å². The molecule has 2 nitrogen and oxygen atoms in total. The minimum absolute atomic E-state index is 0.0485. The fourth-order valence-corrected chi connectivity index (χ4v) is 2.18. The van der Waals surface area contributed by atoms with Crippen molar-refractivity contribution < 1.29 is 26.3 Å². The molecule has 1 aliphatic heterocycles. The molecule has 0 aromatic rings. The van der Waals surface area contributed by atoms with Crippen molar-refractivity contribution in [2.45, 2.75) is 18.8 Å². The second-order valence-corrected chi connectivity index (χ2v) is 5.47.